The van der Waals surface area contributed by atoms with Gasteiger partial charge in [0, 0.05) is 23.7 Å². The summed E-state index contributed by atoms with van der Waals surface area (Å²) in [6.45, 7) is 0. The molecule has 0 saturated carbocycles. The summed E-state index contributed by atoms with van der Waals surface area (Å²) >= 11 is 0. The van der Waals surface area contributed by atoms with Crippen LogP contribution in [0.1, 0.15) is 23.2 Å². The van der Waals surface area contributed by atoms with E-state index >= 15 is 0 Å². The molecule has 0 spiro atoms. The first-order valence-electron chi connectivity index (χ1n) is 5.26. The number of hydrogen-bond acceptors (Lipinski definition) is 5. The van der Waals surface area contributed by atoms with Crippen molar-refractivity contribution in [2.24, 2.45) is 0 Å². The molecule has 0 heterocycles. The number of nitrogen functional groups attached to an aromatic ring is 1. The van der Waals surface area contributed by atoms with E-state index in [0.29, 0.717) is 11.5 Å². The molecule has 0 amide bonds. The summed E-state index contributed by atoms with van der Waals surface area (Å²) in [5, 5.41) is 8.53. The van der Waals surface area contributed by atoms with E-state index in [1.54, 1.807) is 0 Å². The molecule has 0 saturated heterocycles. The van der Waals surface area contributed by atoms with E-state index in [1.165, 1.54) is 26.4 Å². The van der Waals surface area contributed by atoms with E-state index in [4.69, 9.17) is 20.3 Å². The highest BCUT2D eigenvalue weighted by Crippen LogP contribution is 2.32. The SMILES string of the molecule is COc1cc(N)c(C(=O)CCC(=O)O)cc1OC. The minimum atomic E-state index is -1.03. The molecule has 98 valence electrons. The van der Waals surface area contributed by atoms with Crippen molar-refractivity contribution in [2.75, 3.05) is 20.0 Å². The van der Waals surface area contributed by atoms with Crippen LogP contribution in [0.25, 0.3) is 0 Å². The maximum absolute atomic E-state index is 11.8. The summed E-state index contributed by atoms with van der Waals surface area (Å²) in [5.74, 6) is -0.562. The number of hydrogen-bond donors (Lipinski definition) is 2. The molecule has 0 atom stereocenters. The van der Waals surface area contributed by atoms with Crippen LogP contribution in [-0.2, 0) is 4.79 Å². The maximum Gasteiger partial charge on any atom is 0.303 e. The van der Waals surface area contributed by atoms with Crippen molar-refractivity contribution >= 4 is 17.4 Å². The van der Waals surface area contributed by atoms with Gasteiger partial charge < -0.3 is 20.3 Å². The number of Topliss-reactive ketones (excluding diaryl/α,β-unsaturated/α-hetero) is 1. The molecule has 0 fully saturated rings. The van der Waals surface area contributed by atoms with Crippen molar-refractivity contribution in [3.8, 4) is 11.5 Å². The Balaban J connectivity index is 3.01. The molecule has 0 unspecified atom stereocenters. The zero-order chi connectivity index (χ0) is 13.7. The summed E-state index contributed by atoms with van der Waals surface area (Å²) in [7, 11) is 2.91. The van der Waals surface area contributed by atoms with Gasteiger partial charge in [0.15, 0.2) is 17.3 Å². The standard InChI is InChI=1S/C12H15NO5/c1-17-10-5-7(8(13)6-11(10)18-2)9(14)3-4-12(15)16/h5-6H,3-4,13H2,1-2H3,(H,15,16). The van der Waals surface area contributed by atoms with Crippen LogP contribution in [0.4, 0.5) is 5.69 Å². The van der Waals surface area contributed by atoms with Gasteiger partial charge in [0.1, 0.15) is 0 Å². The Morgan fingerprint density at radius 2 is 1.72 bits per heavy atom. The topological polar surface area (TPSA) is 98.9 Å². The number of rotatable bonds is 6. The van der Waals surface area contributed by atoms with Gasteiger partial charge in [0.2, 0.25) is 0 Å². The molecule has 6 heteroatoms. The van der Waals surface area contributed by atoms with Crippen molar-refractivity contribution in [1.29, 1.82) is 0 Å². The number of methoxy groups -OCH3 is 2. The van der Waals surface area contributed by atoms with Crippen molar-refractivity contribution in [3.05, 3.63) is 17.7 Å². The highest BCUT2D eigenvalue weighted by atomic mass is 16.5. The monoisotopic (exact) mass is 253 g/mol. The van der Waals surface area contributed by atoms with Crippen LogP contribution in [-0.4, -0.2) is 31.1 Å². The van der Waals surface area contributed by atoms with Crippen molar-refractivity contribution in [2.45, 2.75) is 12.8 Å². The lowest BCUT2D eigenvalue weighted by Crippen LogP contribution is -2.07. The number of benzene rings is 1. The van der Waals surface area contributed by atoms with Gasteiger partial charge in [-0.15, -0.1) is 0 Å². The minimum absolute atomic E-state index is 0.102. The lowest BCUT2D eigenvalue weighted by atomic mass is 10.0. The number of carbonyl (C=O) groups is 2. The smallest absolute Gasteiger partial charge is 0.303 e. The molecular formula is C12H15NO5. The molecule has 3 N–H and O–H groups in total. The third kappa shape index (κ3) is 3.13. The molecule has 0 aromatic heterocycles. The summed E-state index contributed by atoms with van der Waals surface area (Å²) < 4.78 is 10.1. The zero-order valence-electron chi connectivity index (χ0n) is 10.2. The predicted molar refractivity (Wildman–Crippen MR) is 65.2 cm³/mol. The van der Waals surface area contributed by atoms with E-state index < -0.39 is 5.97 Å². The van der Waals surface area contributed by atoms with Crippen LogP contribution in [0.3, 0.4) is 0 Å². The number of ether oxygens (including phenoxy) is 2. The average molecular weight is 253 g/mol. The summed E-state index contributed by atoms with van der Waals surface area (Å²) in [5.41, 5.74) is 6.21. The van der Waals surface area contributed by atoms with Crippen LogP contribution in [0.5, 0.6) is 11.5 Å². The minimum Gasteiger partial charge on any atom is -0.493 e. The molecule has 18 heavy (non-hydrogen) atoms. The van der Waals surface area contributed by atoms with Crippen LogP contribution in [0.2, 0.25) is 0 Å². The summed E-state index contributed by atoms with van der Waals surface area (Å²) in [6.07, 6.45) is -0.332. The molecule has 0 aliphatic rings. The van der Waals surface area contributed by atoms with Crippen LogP contribution in [0.15, 0.2) is 12.1 Å². The van der Waals surface area contributed by atoms with Crippen molar-refractivity contribution in [3.63, 3.8) is 0 Å². The van der Waals surface area contributed by atoms with Gasteiger partial charge in [-0.05, 0) is 6.07 Å². The molecule has 0 radical (unpaired) electrons. The van der Waals surface area contributed by atoms with Gasteiger partial charge in [-0.3, -0.25) is 9.59 Å². The van der Waals surface area contributed by atoms with E-state index in [2.05, 4.69) is 0 Å². The Kier molecular flexibility index (Phi) is 4.53. The lowest BCUT2D eigenvalue weighted by Gasteiger charge is -2.11. The first-order valence-corrected chi connectivity index (χ1v) is 5.26. The van der Waals surface area contributed by atoms with Gasteiger partial charge >= 0.3 is 5.97 Å². The molecule has 0 bridgehead atoms. The number of carboxylic acid groups (broad SMARTS) is 1. The largest absolute Gasteiger partial charge is 0.493 e. The lowest BCUT2D eigenvalue weighted by molar-refractivity contribution is -0.136. The predicted octanol–water partition coefficient (Wildman–Crippen LogP) is 1.33. The first-order chi connectivity index (χ1) is 8.49. The number of anilines is 1. The van der Waals surface area contributed by atoms with Gasteiger partial charge in [0.25, 0.3) is 0 Å². The normalized spacial score (nSPS) is 9.89. The second-order valence-corrected chi connectivity index (χ2v) is 3.61. The number of nitrogens with two attached hydrogens (primary N) is 1. The third-order valence-corrected chi connectivity index (χ3v) is 2.42. The fraction of sp³-hybridized carbons (Fsp3) is 0.333. The fourth-order valence-electron chi connectivity index (χ4n) is 1.49. The Morgan fingerprint density at radius 3 is 2.22 bits per heavy atom. The molecule has 1 aromatic carbocycles. The Morgan fingerprint density at radius 1 is 1.17 bits per heavy atom. The molecule has 6 nitrogen and oxygen atoms in total. The second kappa shape index (κ2) is 5.90. The second-order valence-electron chi connectivity index (χ2n) is 3.61. The van der Waals surface area contributed by atoms with Gasteiger partial charge in [-0.1, -0.05) is 0 Å². The highest BCUT2D eigenvalue weighted by molar-refractivity contribution is 6.02. The highest BCUT2D eigenvalue weighted by Gasteiger charge is 2.16. The van der Waals surface area contributed by atoms with Gasteiger partial charge in [-0.2, -0.15) is 0 Å². The fourth-order valence-corrected chi connectivity index (χ4v) is 1.49. The first kappa shape index (κ1) is 13.8. The Bertz CT molecular complexity index is 470. The van der Waals surface area contributed by atoms with Gasteiger partial charge in [-0.25, -0.2) is 0 Å². The van der Waals surface area contributed by atoms with E-state index in [1.807, 2.05) is 0 Å². The van der Waals surface area contributed by atoms with Crippen LogP contribution >= 0.6 is 0 Å². The quantitative estimate of drug-likeness (QED) is 0.586. The Hall–Kier alpha value is -2.24. The van der Waals surface area contributed by atoms with Crippen molar-refractivity contribution in [1.82, 2.24) is 0 Å². The van der Waals surface area contributed by atoms with E-state index in [-0.39, 0.29) is 29.9 Å². The maximum atomic E-state index is 11.8. The number of carboxylic acids is 1. The van der Waals surface area contributed by atoms with Crippen LogP contribution in [0, 0.1) is 0 Å². The van der Waals surface area contributed by atoms with Crippen molar-refractivity contribution < 1.29 is 24.2 Å². The summed E-state index contributed by atoms with van der Waals surface area (Å²) in [4.78, 5) is 22.2. The molecule has 1 aromatic rings. The molecule has 0 aliphatic carbocycles. The average Bonchev–Trinajstić information content (AvgIpc) is 2.35. The number of carbonyl (C=O) groups excluding carboxylic acids is 1. The molecule has 0 aliphatic heterocycles. The molecule has 1 rings (SSSR count). The van der Waals surface area contributed by atoms with Crippen LogP contribution < -0.4 is 15.2 Å². The third-order valence-electron chi connectivity index (χ3n) is 2.42. The zero-order valence-corrected chi connectivity index (χ0v) is 10.2. The Labute approximate surface area is 104 Å². The number of ketones is 1. The van der Waals surface area contributed by atoms with E-state index in [9.17, 15) is 9.59 Å². The van der Waals surface area contributed by atoms with Gasteiger partial charge in [0.05, 0.1) is 20.6 Å². The van der Waals surface area contributed by atoms with E-state index in [0.717, 1.165) is 0 Å². The summed E-state index contributed by atoms with van der Waals surface area (Å²) in [6, 6.07) is 2.94. The number of aliphatic carboxylic acids is 1. The molecular weight excluding hydrogens is 238 g/mol.